The van der Waals surface area contributed by atoms with Crippen molar-refractivity contribution >= 4 is 19.7 Å². The summed E-state index contributed by atoms with van der Waals surface area (Å²) in [7, 11) is 1.45. The van der Waals surface area contributed by atoms with Crippen LogP contribution in [0, 0.1) is 0 Å². The lowest BCUT2D eigenvalue weighted by molar-refractivity contribution is -0.870. The third-order valence-corrected chi connectivity index (χ3v) is 14.8. The minimum Gasteiger partial charge on any atom is -0.456 e. The third kappa shape index (κ3) is 60.7. The number of hydrogen-bond acceptors (Lipinski definition) is 6. The average molecular weight is 1160 g/mol. The number of unbranched alkanes of at least 4 members (excludes halogenated alkanes) is 22. The second kappa shape index (κ2) is 60.3. The van der Waals surface area contributed by atoms with Gasteiger partial charge in [0.25, 0.3) is 0 Å². The van der Waals surface area contributed by atoms with E-state index in [4.69, 9.17) is 13.8 Å². The number of likely N-dealkylation sites (N-methyl/N-ethyl adjacent to an activating group) is 1. The Balaban J connectivity index is 5.23. The lowest BCUT2D eigenvalue weighted by Crippen LogP contribution is -2.47. The highest BCUT2D eigenvalue weighted by atomic mass is 31.2. The molecule has 0 bridgehead atoms. The quantitative estimate of drug-likeness (QED) is 0.0205. The van der Waals surface area contributed by atoms with E-state index >= 15 is 0 Å². The number of allylic oxidation sites excluding steroid dienone is 21. The lowest BCUT2D eigenvalue weighted by atomic mass is 10.0. The molecule has 0 aliphatic rings. The summed E-state index contributed by atoms with van der Waals surface area (Å²) in [4.78, 5) is 37.8. The maximum absolute atomic E-state index is 13.6. The first-order valence-corrected chi connectivity index (χ1v) is 34.5. The fourth-order valence-corrected chi connectivity index (χ4v) is 9.55. The van der Waals surface area contributed by atoms with Crippen molar-refractivity contribution in [3.8, 4) is 0 Å². The van der Waals surface area contributed by atoms with Crippen LogP contribution in [0.25, 0.3) is 0 Å². The monoisotopic (exact) mass is 1160 g/mol. The van der Waals surface area contributed by atoms with E-state index in [1.165, 1.54) is 83.5 Å². The number of hydrogen-bond donors (Lipinski definition) is 2. The minimum absolute atomic E-state index is 0.0262. The van der Waals surface area contributed by atoms with Gasteiger partial charge in [-0.2, -0.15) is 0 Å². The molecule has 0 rings (SSSR count). The molecule has 0 aliphatic carbocycles. The van der Waals surface area contributed by atoms with Gasteiger partial charge in [-0.15, -0.1) is 0 Å². The number of esters is 1. The van der Waals surface area contributed by atoms with Crippen molar-refractivity contribution < 1.29 is 37.3 Å². The van der Waals surface area contributed by atoms with Gasteiger partial charge in [-0.25, -0.2) is 4.57 Å². The van der Waals surface area contributed by atoms with Gasteiger partial charge in [-0.05, 0) is 122 Å². The van der Waals surface area contributed by atoms with Crippen LogP contribution in [0.5, 0.6) is 0 Å². The topological polar surface area (TPSA) is 111 Å². The number of nitrogens with zero attached hydrogens (tertiary/aromatic N) is 1. The Morgan fingerprint density at radius 2 is 0.780 bits per heavy atom. The van der Waals surface area contributed by atoms with Gasteiger partial charge in [0.15, 0.2) is 0 Å². The molecule has 9 nitrogen and oxygen atoms in total. The Bertz CT molecular complexity index is 1860. The van der Waals surface area contributed by atoms with Crippen LogP contribution >= 0.6 is 7.82 Å². The van der Waals surface area contributed by atoms with Crippen molar-refractivity contribution in [1.82, 2.24) is 5.32 Å². The number of rotatable bonds is 58. The smallest absolute Gasteiger partial charge is 0.456 e. The molecule has 3 atom stereocenters. The van der Waals surface area contributed by atoms with Crippen molar-refractivity contribution in [1.29, 1.82) is 0 Å². The van der Waals surface area contributed by atoms with Crippen LogP contribution in [0.15, 0.2) is 134 Å². The predicted molar refractivity (Wildman–Crippen MR) is 355 cm³/mol. The van der Waals surface area contributed by atoms with Gasteiger partial charge in [0.1, 0.15) is 19.3 Å². The molecule has 82 heavy (non-hydrogen) atoms. The second-order valence-corrected chi connectivity index (χ2v) is 24.3. The van der Waals surface area contributed by atoms with Crippen LogP contribution in [0.4, 0.5) is 0 Å². The molecule has 0 aromatic rings. The molecule has 0 aromatic carbocycles. The van der Waals surface area contributed by atoms with Gasteiger partial charge >= 0.3 is 13.8 Å². The Kier molecular flexibility index (Phi) is 57.4. The summed E-state index contributed by atoms with van der Waals surface area (Å²) in [6, 6.07) is -0.876. The average Bonchev–Trinajstić information content (AvgIpc) is 3.44. The molecule has 1 amide bonds. The van der Waals surface area contributed by atoms with Gasteiger partial charge in [0.05, 0.1) is 33.8 Å². The van der Waals surface area contributed by atoms with E-state index < -0.39 is 20.0 Å². The summed E-state index contributed by atoms with van der Waals surface area (Å²) in [5, 5.41) is 3.05. The van der Waals surface area contributed by atoms with Gasteiger partial charge in [-0.3, -0.25) is 18.6 Å². The molecule has 0 aliphatic heterocycles. The summed E-state index contributed by atoms with van der Waals surface area (Å²) >= 11 is 0. The molecule has 10 heteroatoms. The van der Waals surface area contributed by atoms with Crippen molar-refractivity contribution in [2.24, 2.45) is 0 Å². The maximum atomic E-state index is 13.6. The summed E-state index contributed by atoms with van der Waals surface area (Å²) in [6.07, 6.45) is 86.0. The molecule has 2 N–H and O–H groups in total. The third-order valence-electron chi connectivity index (χ3n) is 13.8. The van der Waals surface area contributed by atoms with Crippen LogP contribution in [0.3, 0.4) is 0 Å². The van der Waals surface area contributed by atoms with Crippen LogP contribution in [-0.2, 0) is 27.9 Å². The van der Waals surface area contributed by atoms with Gasteiger partial charge in [0.2, 0.25) is 5.91 Å². The number of ether oxygens (including phenoxy) is 1. The predicted octanol–water partition coefficient (Wildman–Crippen LogP) is 20.8. The first kappa shape index (κ1) is 78.1. The summed E-state index contributed by atoms with van der Waals surface area (Å²) < 4.78 is 30.7. The Hall–Kier alpha value is -3.85. The maximum Gasteiger partial charge on any atom is 0.472 e. The minimum atomic E-state index is -4.47. The summed E-state index contributed by atoms with van der Waals surface area (Å²) in [5.74, 6) is -0.557. The summed E-state index contributed by atoms with van der Waals surface area (Å²) in [6.45, 7) is 6.75. The number of phosphoric ester groups is 1. The van der Waals surface area contributed by atoms with Crippen LogP contribution in [0.1, 0.15) is 258 Å². The second-order valence-electron chi connectivity index (χ2n) is 22.9. The zero-order valence-electron chi connectivity index (χ0n) is 53.4. The van der Waals surface area contributed by atoms with E-state index in [1.54, 1.807) is 0 Å². The molecular weight excluding hydrogens is 1040 g/mol. The van der Waals surface area contributed by atoms with E-state index in [2.05, 4.69) is 148 Å². The Morgan fingerprint density at radius 3 is 1.18 bits per heavy atom. The van der Waals surface area contributed by atoms with Gasteiger partial charge < -0.3 is 19.4 Å². The van der Waals surface area contributed by atoms with E-state index in [0.29, 0.717) is 23.9 Å². The summed E-state index contributed by atoms with van der Waals surface area (Å²) in [5.41, 5.74) is 0. The fraction of sp³-hybridized carbons (Fsp3) is 0.667. The van der Waals surface area contributed by atoms with Crippen molar-refractivity contribution in [3.63, 3.8) is 0 Å². The molecule has 0 spiro atoms. The number of carbonyl (C=O) groups excluding carboxylic acids is 2. The molecule has 0 fully saturated rings. The molecule has 0 saturated heterocycles. The highest BCUT2D eigenvalue weighted by molar-refractivity contribution is 7.47. The first-order chi connectivity index (χ1) is 39.9. The van der Waals surface area contributed by atoms with Crippen LogP contribution < -0.4 is 5.32 Å². The zero-order valence-corrected chi connectivity index (χ0v) is 54.3. The number of phosphoric acid groups is 1. The number of nitrogens with one attached hydrogen (secondary N) is 1. The van der Waals surface area contributed by atoms with E-state index in [1.807, 2.05) is 33.3 Å². The van der Waals surface area contributed by atoms with E-state index in [0.717, 1.165) is 135 Å². The Labute approximate surface area is 505 Å². The van der Waals surface area contributed by atoms with Crippen molar-refractivity contribution in [3.05, 3.63) is 134 Å². The molecule has 3 unspecified atom stereocenters. The molecule has 0 radical (unpaired) electrons. The van der Waals surface area contributed by atoms with Crippen LogP contribution in [-0.4, -0.2) is 74.3 Å². The molecular formula is C72H124N2O7P+. The lowest BCUT2D eigenvalue weighted by Gasteiger charge is -2.27. The van der Waals surface area contributed by atoms with Gasteiger partial charge in [-0.1, -0.05) is 258 Å². The molecule has 0 saturated carbocycles. The normalized spacial score (nSPS) is 14.5. The molecule has 0 aromatic heterocycles. The Morgan fingerprint density at radius 1 is 0.439 bits per heavy atom. The molecule has 468 valence electrons. The number of carbonyl (C=O) groups is 2. The van der Waals surface area contributed by atoms with E-state index in [9.17, 15) is 19.0 Å². The zero-order chi connectivity index (χ0) is 60.0. The largest absolute Gasteiger partial charge is 0.472 e. The molecule has 0 heterocycles. The van der Waals surface area contributed by atoms with Crippen molar-refractivity contribution in [2.45, 2.75) is 270 Å². The SMILES string of the molecule is CC/C=C\C/C=C\C/C=C\C/C=C\C/C=C\CCCCCCCCCCCC(=O)NC(COP(=O)(O)OCC[N+](C)(C)C)C(/C=C\CCCCCCCCCCCC)OC(=O)CCCCC/C=C\C/C=C\C/C=C\C/C=C\C/C=C\CC. The highest BCUT2D eigenvalue weighted by Gasteiger charge is 2.30. The first-order valence-electron chi connectivity index (χ1n) is 33.0. The van der Waals surface area contributed by atoms with Gasteiger partial charge in [0, 0.05) is 12.8 Å². The number of quaternary nitrogens is 1. The van der Waals surface area contributed by atoms with E-state index in [-0.39, 0.29) is 31.5 Å². The standard InChI is InChI=1S/C72H123N2O7P/c1-7-10-13-16-19-22-25-28-30-32-34-35-36-37-38-39-41-42-44-46-49-52-55-58-61-64-71(75)73-69(68-80-82(77,78)79-67-66-74(4,5)6)70(63-60-57-54-51-48-27-24-21-18-15-12-9-3)81-72(76)65-62-59-56-53-50-47-45-43-40-33-31-29-26-23-20-17-14-11-8-2/h10-11,13-14,19-20,22-23,28-31,34-35,37-38,40,43,47,50,60,63,69-70H,7-9,12,15-18,21,24-27,32-33,36,39,41-42,44-46,48-49,51-59,61-62,64-68H2,1-6H3,(H-,73,75,77,78)/p+1/b13-10-,14-11-,22-19-,23-20-,30-28-,31-29-,35-34-,38-37-,43-40-,50-47-,63-60-. The number of amides is 1. The fourth-order valence-electron chi connectivity index (χ4n) is 8.82. The van der Waals surface area contributed by atoms with Crippen molar-refractivity contribution in [2.75, 3.05) is 40.9 Å². The highest BCUT2D eigenvalue weighted by Crippen LogP contribution is 2.43. The van der Waals surface area contributed by atoms with Crippen LogP contribution in [0.2, 0.25) is 0 Å².